The Hall–Kier alpha value is -1.40. The van der Waals surface area contributed by atoms with E-state index in [1.165, 1.54) is 0 Å². The van der Waals surface area contributed by atoms with Crippen molar-refractivity contribution in [2.75, 3.05) is 26.2 Å². The van der Waals surface area contributed by atoms with Crippen molar-refractivity contribution >= 4 is 15.9 Å². The average molecular weight is 338 g/mol. The first-order valence-electron chi connectivity index (χ1n) is 8.29. The molecule has 1 heterocycles. The third kappa shape index (κ3) is 3.93. The lowest BCUT2D eigenvalue weighted by Crippen LogP contribution is -2.39. The van der Waals surface area contributed by atoms with E-state index in [-0.39, 0.29) is 10.8 Å². The van der Waals surface area contributed by atoms with E-state index in [0.717, 1.165) is 12.8 Å². The summed E-state index contributed by atoms with van der Waals surface area (Å²) in [7, 11) is -3.46. The van der Waals surface area contributed by atoms with Crippen molar-refractivity contribution in [1.29, 1.82) is 0 Å². The molecule has 1 unspecified atom stereocenters. The van der Waals surface area contributed by atoms with Gasteiger partial charge in [0.2, 0.25) is 10.0 Å². The second-order valence-corrected chi connectivity index (χ2v) is 8.05. The fourth-order valence-electron chi connectivity index (χ4n) is 2.98. The molecule has 1 aromatic carbocycles. The molecule has 1 fully saturated rings. The summed E-state index contributed by atoms with van der Waals surface area (Å²) in [4.78, 5) is 14.3. The lowest BCUT2D eigenvalue weighted by Gasteiger charge is -2.30. The third-order valence-electron chi connectivity index (χ3n) is 4.41. The Morgan fingerprint density at radius 2 is 1.83 bits per heavy atom. The van der Waals surface area contributed by atoms with E-state index < -0.39 is 10.0 Å². The zero-order chi connectivity index (χ0) is 17.0. The summed E-state index contributed by atoms with van der Waals surface area (Å²) in [6.45, 7) is 8.36. The van der Waals surface area contributed by atoms with E-state index in [4.69, 9.17) is 0 Å². The van der Waals surface area contributed by atoms with Crippen LogP contribution in [0.3, 0.4) is 0 Å². The van der Waals surface area contributed by atoms with Crippen LogP contribution in [-0.2, 0) is 10.0 Å². The van der Waals surface area contributed by atoms with Crippen LogP contribution in [0.25, 0.3) is 0 Å². The van der Waals surface area contributed by atoms with Crippen LogP contribution in [0, 0.1) is 5.92 Å². The predicted octanol–water partition coefficient (Wildman–Crippen LogP) is 2.59. The van der Waals surface area contributed by atoms with Crippen molar-refractivity contribution in [3.63, 3.8) is 0 Å². The number of rotatable bonds is 5. The Morgan fingerprint density at radius 1 is 1.22 bits per heavy atom. The van der Waals surface area contributed by atoms with Crippen LogP contribution < -0.4 is 0 Å². The van der Waals surface area contributed by atoms with E-state index in [2.05, 4.69) is 6.92 Å². The Kier molecular flexibility index (Phi) is 5.81. The van der Waals surface area contributed by atoms with Crippen molar-refractivity contribution in [1.82, 2.24) is 9.21 Å². The molecule has 0 bridgehead atoms. The van der Waals surface area contributed by atoms with Crippen molar-refractivity contribution in [3.8, 4) is 0 Å². The number of carbonyl (C=O) groups excluding carboxylic acids is 1. The minimum atomic E-state index is -3.46. The van der Waals surface area contributed by atoms with Crippen LogP contribution in [0.2, 0.25) is 0 Å². The van der Waals surface area contributed by atoms with Gasteiger partial charge in [-0.25, -0.2) is 8.42 Å². The van der Waals surface area contributed by atoms with E-state index in [0.29, 0.717) is 37.7 Å². The molecule has 2 rings (SSSR count). The molecule has 0 N–H and O–H groups in total. The third-order valence-corrected chi connectivity index (χ3v) is 6.29. The minimum absolute atomic E-state index is 0.0643. The summed E-state index contributed by atoms with van der Waals surface area (Å²) in [6.07, 6.45) is 1.97. The van der Waals surface area contributed by atoms with Crippen LogP contribution in [0.5, 0.6) is 0 Å². The molecular formula is C17H26N2O3S. The van der Waals surface area contributed by atoms with Crippen LogP contribution in [0.1, 0.15) is 44.0 Å². The molecule has 0 radical (unpaired) electrons. The Balaban J connectivity index is 2.20. The van der Waals surface area contributed by atoms with Crippen molar-refractivity contribution in [2.45, 2.75) is 38.5 Å². The molecule has 1 aromatic rings. The molecule has 1 aliphatic heterocycles. The molecule has 0 aliphatic carbocycles. The monoisotopic (exact) mass is 338 g/mol. The van der Waals surface area contributed by atoms with Gasteiger partial charge in [0.15, 0.2) is 0 Å². The number of hydrogen-bond acceptors (Lipinski definition) is 3. The fourth-order valence-corrected chi connectivity index (χ4v) is 4.57. The van der Waals surface area contributed by atoms with E-state index in [1.807, 2.05) is 13.8 Å². The Bertz CT molecular complexity index is 636. The first-order chi connectivity index (χ1) is 10.9. The van der Waals surface area contributed by atoms with Gasteiger partial charge in [-0.2, -0.15) is 4.31 Å². The Morgan fingerprint density at radius 3 is 2.35 bits per heavy atom. The van der Waals surface area contributed by atoms with Crippen LogP contribution in [0.4, 0.5) is 0 Å². The normalized spacial score (nSPS) is 19.5. The highest BCUT2D eigenvalue weighted by molar-refractivity contribution is 7.89. The first kappa shape index (κ1) is 17.9. The standard InChI is InChI=1S/C17H26N2O3S/c1-4-18(5-2)17(20)15-8-10-16(11-9-15)23(21,22)19-12-6-7-14(3)13-19/h8-11,14H,4-7,12-13H2,1-3H3. The summed E-state index contributed by atoms with van der Waals surface area (Å²) >= 11 is 0. The number of nitrogens with zero attached hydrogens (tertiary/aromatic N) is 2. The van der Waals surface area contributed by atoms with Crippen LogP contribution >= 0.6 is 0 Å². The number of hydrogen-bond donors (Lipinski definition) is 0. The van der Waals surface area contributed by atoms with Crippen molar-refractivity contribution in [3.05, 3.63) is 29.8 Å². The van der Waals surface area contributed by atoms with Gasteiger partial charge in [-0.05, 0) is 56.9 Å². The molecule has 5 nitrogen and oxygen atoms in total. The summed E-state index contributed by atoms with van der Waals surface area (Å²) in [5.74, 6) is 0.326. The van der Waals surface area contributed by atoms with E-state index >= 15 is 0 Å². The maximum atomic E-state index is 12.7. The number of carbonyl (C=O) groups is 1. The van der Waals surface area contributed by atoms with Gasteiger partial charge in [0, 0.05) is 31.7 Å². The number of sulfonamides is 1. The lowest BCUT2D eigenvalue weighted by atomic mass is 10.0. The van der Waals surface area contributed by atoms with Crippen LogP contribution in [-0.4, -0.2) is 49.7 Å². The van der Waals surface area contributed by atoms with Crippen molar-refractivity contribution < 1.29 is 13.2 Å². The van der Waals surface area contributed by atoms with Gasteiger partial charge in [0.25, 0.3) is 5.91 Å². The van der Waals surface area contributed by atoms with Gasteiger partial charge >= 0.3 is 0 Å². The lowest BCUT2D eigenvalue weighted by molar-refractivity contribution is 0.0773. The molecule has 0 saturated carbocycles. The second kappa shape index (κ2) is 7.45. The molecule has 1 saturated heterocycles. The average Bonchev–Trinajstić information content (AvgIpc) is 2.56. The van der Waals surface area contributed by atoms with Crippen molar-refractivity contribution in [2.24, 2.45) is 5.92 Å². The molecule has 0 aromatic heterocycles. The van der Waals surface area contributed by atoms with Gasteiger partial charge in [-0.1, -0.05) is 6.92 Å². The molecule has 1 atom stereocenters. The topological polar surface area (TPSA) is 57.7 Å². The number of piperidine rings is 1. The SMILES string of the molecule is CCN(CC)C(=O)c1ccc(S(=O)(=O)N2CCCC(C)C2)cc1. The highest BCUT2D eigenvalue weighted by atomic mass is 32.2. The Labute approximate surface area is 139 Å². The summed E-state index contributed by atoms with van der Waals surface area (Å²) < 4.78 is 26.9. The fraction of sp³-hybridized carbons (Fsp3) is 0.588. The summed E-state index contributed by atoms with van der Waals surface area (Å²) in [5, 5.41) is 0. The minimum Gasteiger partial charge on any atom is -0.339 e. The molecule has 1 aliphatic rings. The first-order valence-corrected chi connectivity index (χ1v) is 9.73. The zero-order valence-electron chi connectivity index (χ0n) is 14.2. The molecule has 23 heavy (non-hydrogen) atoms. The number of amides is 1. The second-order valence-electron chi connectivity index (χ2n) is 6.11. The molecule has 6 heteroatoms. The highest BCUT2D eigenvalue weighted by Gasteiger charge is 2.28. The van der Waals surface area contributed by atoms with Gasteiger partial charge in [-0.15, -0.1) is 0 Å². The maximum absolute atomic E-state index is 12.7. The summed E-state index contributed by atoms with van der Waals surface area (Å²) in [6, 6.07) is 6.32. The number of benzene rings is 1. The molecule has 0 spiro atoms. The summed E-state index contributed by atoms with van der Waals surface area (Å²) in [5.41, 5.74) is 0.527. The van der Waals surface area contributed by atoms with Gasteiger partial charge < -0.3 is 4.90 Å². The molecule has 1 amide bonds. The van der Waals surface area contributed by atoms with E-state index in [9.17, 15) is 13.2 Å². The largest absolute Gasteiger partial charge is 0.339 e. The van der Waals surface area contributed by atoms with Gasteiger partial charge in [0.05, 0.1) is 4.90 Å². The van der Waals surface area contributed by atoms with Gasteiger partial charge in [-0.3, -0.25) is 4.79 Å². The predicted molar refractivity (Wildman–Crippen MR) is 90.9 cm³/mol. The molecular weight excluding hydrogens is 312 g/mol. The quantitative estimate of drug-likeness (QED) is 0.829. The van der Waals surface area contributed by atoms with Crippen LogP contribution in [0.15, 0.2) is 29.2 Å². The van der Waals surface area contributed by atoms with E-state index in [1.54, 1.807) is 33.5 Å². The maximum Gasteiger partial charge on any atom is 0.253 e. The zero-order valence-corrected chi connectivity index (χ0v) is 15.0. The van der Waals surface area contributed by atoms with Gasteiger partial charge in [0.1, 0.15) is 0 Å². The smallest absolute Gasteiger partial charge is 0.253 e. The molecule has 128 valence electrons. The highest BCUT2D eigenvalue weighted by Crippen LogP contribution is 2.23.